The molecule has 1 aromatic carbocycles. The first-order chi connectivity index (χ1) is 10.6. The minimum absolute atomic E-state index is 0.0248. The van der Waals surface area contributed by atoms with E-state index in [0.717, 1.165) is 17.0 Å². The number of nitrogens with zero attached hydrogens (tertiary/aromatic N) is 2. The lowest BCUT2D eigenvalue weighted by atomic mass is 10.2. The molecule has 1 unspecified atom stereocenters. The summed E-state index contributed by atoms with van der Waals surface area (Å²) in [6.45, 7) is 6.27. The van der Waals surface area contributed by atoms with Crippen LogP contribution in [0, 0.1) is 0 Å². The van der Waals surface area contributed by atoms with E-state index in [0.29, 0.717) is 36.4 Å². The number of amides is 1. The Kier molecular flexibility index (Phi) is 5.91. The first kappa shape index (κ1) is 16.5. The van der Waals surface area contributed by atoms with Gasteiger partial charge in [-0.25, -0.2) is 0 Å². The third-order valence-corrected chi connectivity index (χ3v) is 3.51. The van der Waals surface area contributed by atoms with Gasteiger partial charge in [-0.3, -0.25) is 4.79 Å². The molecule has 0 aliphatic rings. The minimum Gasteiger partial charge on any atom is -0.351 e. The molecule has 2 rings (SSSR count). The average Bonchev–Trinajstić information content (AvgIpc) is 2.96. The van der Waals surface area contributed by atoms with Gasteiger partial charge in [0.05, 0.1) is 6.54 Å². The summed E-state index contributed by atoms with van der Waals surface area (Å²) in [6, 6.07) is 7.25. The van der Waals surface area contributed by atoms with Crippen molar-refractivity contribution in [3.05, 3.63) is 35.2 Å². The molecule has 0 spiro atoms. The summed E-state index contributed by atoms with van der Waals surface area (Å²) in [5.74, 6) is 1.07. The van der Waals surface area contributed by atoms with Crippen LogP contribution in [0.15, 0.2) is 28.8 Å². The first-order valence-corrected chi connectivity index (χ1v) is 7.69. The van der Waals surface area contributed by atoms with Crippen molar-refractivity contribution in [1.29, 1.82) is 0 Å². The molecule has 1 atom stereocenters. The lowest BCUT2D eigenvalue weighted by molar-refractivity contribution is -0.905. The predicted molar refractivity (Wildman–Crippen MR) is 83.5 cm³/mol. The van der Waals surface area contributed by atoms with Crippen LogP contribution in [0.1, 0.15) is 19.7 Å². The monoisotopic (exact) mass is 323 g/mol. The van der Waals surface area contributed by atoms with Gasteiger partial charge in [-0.1, -0.05) is 16.8 Å². The molecule has 2 N–H and O–H groups in total. The molecule has 2 aromatic rings. The molecular formula is C15H20ClN4O2+. The van der Waals surface area contributed by atoms with Crippen molar-refractivity contribution < 1.29 is 14.2 Å². The SMILES string of the molecule is CCNC(=O)C[NH+](CC)Cc1nc(-c2ccc(Cl)cc2)no1. The number of rotatable bonds is 7. The Hall–Kier alpha value is -1.92. The number of quaternary nitrogens is 1. The molecule has 0 saturated carbocycles. The van der Waals surface area contributed by atoms with Crippen molar-refractivity contribution in [2.24, 2.45) is 0 Å². The zero-order chi connectivity index (χ0) is 15.9. The van der Waals surface area contributed by atoms with Crippen LogP contribution in [0.25, 0.3) is 11.4 Å². The van der Waals surface area contributed by atoms with E-state index >= 15 is 0 Å². The van der Waals surface area contributed by atoms with Crippen LogP contribution >= 0.6 is 11.6 Å². The summed E-state index contributed by atoms with van der Waals surface area (Å²) in [5, 5.41) is 7.43. The highest BCUT2D eigenvalue weighted by Gasteiger charge is 2.17. The summed E-state index contributed by atoms with van der Waals surface area (Å²) in [6.07, 6.45) is 0. The minimum atomic E-state index is 0.0248. The third-order valence-electron chi connectivity index (χ3n) is 3.26. The molecule has 1 aromatic heterocycles. The van der Waals surface area contributed by atoms with Crippen LogP contribution < -0.4 is 10.2 Å². The number of hydrogen-bond donors (Lipinski definition) is 2. The molecule has 0 radical (unpaired) electrons. The second-order valence-corrected chi connectivity index (χ2v) is 5.37. The second-order valence-electron chi connectivity index (χ2n) is 4.93. The van der Waals surface area contributed by atoms with Crippen molar-refractivity contribution in [2.45, 2.75) is 20.4 Å². The molecule has 0 bridgehead atoms. The molecule has 0 fully saturated rings. The van der Waals surface area contributed by atoms with E-state index in [2.05, 4.69) is 15.5 Å². The van der Waals surface area contributed by atoms with Gasteiger partial charge in [0.15, 0.2) is 13.1 Å². The summed E-state index contributed by atoms with van der Waals surface area (Å²) in [7, 11) is 0. The molecule has 118 valence electrons. The fraction of sp³-hybridized carbons (Fsp3) is 0.400. The lowest BCUT2D eigenvalue weighted by Crippen LogP contribution is -3.11. The van der Waals surface area contributed by atoms with Gasteiger partial charge in [0.2, 0.25) is 5.82 Å². The maximum absolute atomic E-state index is 11.7. The Labute approximate surface area is 134 Å². The van der Waals surface area contributed by atoms with E-state index in [1.54, 1.807) is 12.1 Å². The number of carbonyl (C=O) groups is 1. The van der Waals surface area contributed by atoms with E-state index in [1.807, 2.05) is 26.0 Å². The maximum Gasteiger partial charge on any atom is 0.282 e. The summed E-state index contributed by atoms with van der Waals surface area (Å²) >= 11 is 5.86. The van der Waals surface area contributed by atoms with E-state index in [-0.39, 0.29) is 5.91 Å². The Morgan fingerprint density at radius 3 is 2.68 bits per heavy atom. The van der Waals surface area contributed by atoms with Gasteiger partial charge in [-0.15, -0.1) is 0 Å². The van der Waals surface area contributed by atoms with E-state index in [9.17, 15) is 4.79 Å². The number of likely N-dealkylation sites (N-methyl/N-ethyl adjacent to an activating group) is 2. The Bertz CT molecular complexity index is 612. The van der Waals surface area contributed by atoms with Crippen LogP contribution in [0.3, 0.4) is 0 Å². The zero-order valence-electron chi connectivity index (χ0n) is 12.7. The smallest absolute Gasteiger partial charge is 0.282 e. The standard InChI is InChI=1S/C15H19ClN4O2/c1-3-17-13(21)9-20(4-2)10-14-18-15(19-22-14)11-5-7-12(16)8-6-11/h5-8H,3-4,9-10H2,1-2H3,(H,17,21)/p+1. The topological polar surface area (TPSA) is 72.5 Å². The number of aromatic nitrogens is 2. The molecule has 0 aliphatic heterocycles. The largest absolute Gasteiger partial charge is 0.351 e. The van der Waals surface area contributed by atoms with Crippen molar-refractivity contribution in [3.8, 4) is 11.4 Å². The number of benzene rings is 1. The molecule has 0 saturated heterocycles. The number of hydrogen-bond acceptors (Lipinski definition) is 4. The van der Waals surface area contributed by atoms with E-state index in [1.165, 1.54) is 0 Å². The molecule has 1 heterocycles. The van der Waals surface area contributed by atoms with E-state index in [4.69, 9.17) is 16.1 Å². The van der Waals surface area contributed by atoms with Gasteiger partial charge in [0.1, 0.15) is 0 Å². The summed E-state index contributed by atoms with van der Waals surface area (Å²) in [5.41, 5.74) is 0.848. The van der Waals surface area contributed by atoms with Gasteiger partial charge >= 0.3 is 0 Å². The van der Waals surface area contributed by atoms with Crippen LogP contribution in [-0.4, -0.2) is 35.7 Å². The molecule has 1 amide bonds. The van der Waals surface area contributed by atoms with Gasteiger partial charge in [-0.05, 0) is 38.1 Å². The third kappa shape index (κ3) is 4.54. The number of halogens is 1. The molecule has 7 heteroatoms. The van der Waals surface area contributed by atoms with Gasteiger partial charge in [-0.2, -0.15) is 4.98 Å². The molecule has 6 nitrogen and oxygen atoms in total. The fourth-order valence-electron chi connectivity index (χ4n) is 2.06. The lowest BCUT2D eigenvalue weighted by Gasteiger charge is -2.14. The number of nitrogens with one attached hydrogen (secondary N) is 2. The molecule has 0 aliphatic carbocycles. The highest BCUT2D eigenvalue weighted by molar-refractivity contribution is 6.30. The first-order valence-electron chi connectivity index (χ1n) is 7.31. The van der Waals surface area contributed by atoms with Crippen LogP contribution in [0.2, 0.25) is 5.02 Å². The summed E-state index contributed by atoms with van der Waals surface area (Å²) in [4.78, 5) is 17.1. The second kappa shape index (κ2) is 7.91. The highest BCUT2D eigenvalue weighted by Crippen LogP contribution is 2.18. The van der Waals surface area contributed by atoms with E-state index < -0.39 is 0 Å². The normalized spacial score (nSPS) is 12.1. The van der Waals surface area contributed by atoms with Crippen molar-refractivity contribution in [1.82, 2.24) is 15.5 Å². The quantitative estimate of drug-likeness (QED) is 0.795. The molecule has 22 heavy (non-hydrogen) atoms. The zero-order valence-corrected chi connectivity index (χ0v) is 13.5. The van der Waals surface area contributed by atoms with Crippen molar-refractivity contribution >= 4 is 17.5 Å². The Morgan fingerprint density at radius 2 is 2.05 bits per heavy atom. The van der Waals surface area contributed by atoms with Crippen molar-refractivity contribution in [3.63, 3.8) is 0 Å². The Balaban J connectivity index is 2.01. The van der Waals surface area contributed by atoms with Gasteiger partial charge in [0.25, 0.3) is 11.8 Å². The highest BCUT2D eigenvalue weighted by atomic mass is 35.5. The maximum atomic E-state index is 11.7. The summed E-state index contributed by atoms with van der Waals surface area (Å²) < 4.78 is 5.28. The number of carbonyl (C=O) groups excluding carboxylic acids is 1. The van der Waals surface area contributed by atoms with Crippen LogP contribution in [0.5, 0.6) is 0 Å². The average molecular weight is 324 g/mol. The van der Waals surface area contributed by atoms with Gasteiger partial charge < -0.3 is 14.7 Å². The van der Waals surface area contributed by atoms with Crippen LogP contribution in [0.4, 0.5) is 0 Å². The predicted octanol–water partition coefficient (Wildman–Crippen LogP) is 0.931. The fourth-order valence-corrected chi connectivity index (χ4v) is 2.18. The Morgan fingerprint density at radius 1 is 1.32 bits per heavy atom. The van der Waals surface area contributed by atoms with Gasteiger partial charge in [0, 0.05) is 17.1 Å². The van der Waals surface area contributed by atoms with Crippen molar-refractivity contribution in [2.75, 3.05) is 19.6 Å². The molecular weight excluding hydrogens is 304 g/mol. The van der Waals surface area contributed by atoms with Crippen LogP contribution in [-0.2, 0) is 11.3 Å².